The van der Waals surface area contributed by atoms with Gasteiger partial charge in [-0.05, 0) is 53.1 Å². The van der Waals surface area contributed by atoms with Crippen molar-refractivity contribution in [1.82, 2.24) is 19.8 Å². The fourth-order valence-electron chi connectivity index (χ4n) is 4.61. The van der Waals surface area contributed by atoms with E-state index in [1.54, 1.807) is 24.4 Å². The molecule has 11 heteroatoms. The summed E-state index contributed by atoms with van der Waals surface area (Å²) in [6, 6.07) is 7.60. The summed E-state index contributed by atoms with van der Waals surface area (Å²) in [5, 5.41) is 3.65. The molecule has 196 valence electrons. The van der Waals surface area contributed by atoms with Crippen LogP contribution < -0.4 is 5.32 Å². The molecule has 0 atom stereocenters. The van der Waals surface area contributed by atoms with Crippen molar-refractivity contribution in [3.05, 3.63) is 104 Å². The first-order valence-electron chi connectivity index (χ1n) is 11.6. The van der Waals surface area contributed by atoms with E-state index in [2.05, 4.69) is 10.3 Å². The Morgan fingerprint density at radius 2 is 1.82 bits per heavy atom. The number of benzene rings is 2. The van der Waals surface area contributed by atoms with Crippen LogP contribution in [0.25, 0.3) is 17.0 Å². The van der Waals surface area contributed by atoms with Crippen LogP contribution in [0.1, 0.15) is 22.4 Å². The zero-order valence-corrected chi connectivity index (χ0v) is 21.3. The molecule has 3 heterocycles. The summed E-state index contributed by atoms with van der Waals surface area (Å²) in [5.41, 5.74) is 2.98. The third-order valence-electron chi connectivity index (χ3n) is 6.39. The summed E-state index contributed by atoms with van der Waals surface area (Å²) in [6.45, 7) is 1.61. The number of pyridine rings is 1. The Morgan fingerprint density at radius 3 is 2.55 bits per heavy atom. The number of hydrogen-bond acceptors (Lipinski definition) is 3. The molecule has 5 nitrogen and oxygen atoms in total. The van der Waals surface area contributed by atoms with Crippen LogP contribution in [0.5, 0.6) is 0 Å². The number of carbonyl (C=O) groups is 1. The standard InChI is InChI=1S/C27H20Cl2F4N4O/c28-19-12-24-17(11-20(19)30)18-14-36(6-1-2-15-8-21(31)26(33)22(32)9-15)7-4-23(18)37(24)27(38)35-13-16-3-5-34-25(29)10-16/h1-3,5,8-12H,4,6-7,13-14H2,(H,35,38). The van der Waals surface area contributed by atoms with E-state index in [0.29, 0.717) is 42.1 Å². The van der Waals surface area contributed by atoms with Gasteiger partial charge in [-0.15, -0.1) is 0 Å². The van der Waals surface area contributed by atoms with Gasteiger partial charge in [0.1, 0.15) is 11.0 Å². The maximum absolute atomic E-state index is 14.4. The Morgan fingerprint density at radius 1 is 1.05 bits per heavy atom. The van der Waals surface area contributed by atoms with Crippen molar-refractivity contribution in [2.75, 3.05) is 13.1 Å². The van der Waals surface area contributed by atoms with Gasteiger partial charge >= 0.3 is 6.03 Å². The highest BCUT2D eigenvalue weighted by atomic mass is 35.5. The maximum Gasteiger partial charge on any atom is 0.326 e. The van der Waals surface area contributed by atoms with Crippen molar-refractivity contribution in [2.24, 2.45) is 0 Å². The Bertz CT molecular complexity index is 1560. The quantitative estimate of drug-likeness (QED) is 0.167. The minimum atomic E-state index is -1.51. The molecule has 0 fully saturated rings. The first-order valence-corrected chi connectivity index (χ1v) is 12.4. The highest BCUT2D eigenvalue weighted by Crippen LogP contribution is 2.34. The van der Waals surface area contributed by atoms with Gasteiger partial charge in [0.15, 0.2) is 17.5 Å². The Hall–Kier alpha value is -3.40. The van der Waals surface area contributed by atoms with Crippen LogP contribution >= 0.6 is 23.2 Å². The number of amides is 1. The Labute approximate surface area is 225 Å². The van der Waals surface area contributed by atoms with Gasteiger partial charge in [-0.3, -0.25) is 9.47 Å². The summed E-state index contributed by atoms with van der Waals surface area (Å²) in [6.07, 6.45) is 5.25. The smallest absolute Gasteiger partial charge is 0.326 e. The van der Waals surface area contributed by atoms with Crippen molar-refractivity contribution in [1.29, 1.82) is 0 Å². The number of nitrogens with one attached hydrogen (secondary N) is 1. The first-order chi connectivity index (χ1) is 18.2. The van der Waals surface area contributed by atoms with Gasteiger partial charge in [-0.25, -0.2) is 27.3 Å². The van der Waals surface area contributed by atoms with Gasteiger partial charge in [-0.2, -0.15) is 0 Å². The molecule has 5 rings (SSSR count). The Kier molecular flexibility index (Phi) is 7.43. The summed E-state index contributed by atoms with van der Waals surface area (Å²) in [7, 11) is 0. The lowest BCUT2D eigenvalue weighted by atomic mass is 10.0. The summed E-state index contributed by atoms with van der Waals surface area (Å²) >= 11 is 12.0. The summed E-state index contributed by atoms with van der Waals surface area (Å²) < 4.78 is 56.1. The van der Waals surface area contributed by atoms with E-state index in [0.717, 1.165) is 29.0 Å². The monoisotopic (exact) mass is 562 g/mol. The molecule has 1 aliphatic rings. The van der Waals surface area contributed by atoms with E-state index in [4.69, 9.17) is 23.2 Å². The molecule has 38 heavy (non-hydrogen) atoms. The van der Waals surface area contributed by atoms with Crippen LogP contribution in [0, 0.1) is 23.3 Å². The normalized spacial score (nSPS) is 13.8. The largest absolute Gasteiger partial charge is 0.333 e. The van der Waals surface area contributed by atoms with Crippen LogP contribution in [0.2, 0.25) is 10.2 Å². The van der Waals surface area contributed by atoms with Gasteiger partial charge in [-0.1, -0.05) is 35.4 Å². The second-order valence-corrected chi connectivity index (χ2v) is 9.67. The highest BCUT2D eigenvalue weighted by Gasteiger charge is 2.27. The summed E-state index contributed by atoms with van der Waals surface area (Å²) in [5.74, 6) is -4.62. The van der Waals surface area contributed by atoms with Crippen LogP contribution in [-0.2, 0) is 19.5 Å². The van der Waals surface area contributed by atoms with E-state index < -0.39 is 23.3 Å². The van der Waals surface area contributed by atoms with Crippen LogP contribution in [0.15, 0.2) is 48.7 Å². The average molecular weight is 563 g/mol. The highest BCUT2D eigenvalue weighted by molar-refractivity contribution is 6.31. The number of aromatic nitrogens is 2. The van der Waals surface area contributed by atoms with Crippen LogP contribution in [0.4, 0.5) is 22.4 Å². The van der Waals surface area contributed by atoms with E-state index >= 15 is 0 Å². The third-order valence-corrected chi connectivity index (χ3v) is 6.88. The second kappa shape index (κ2) is 10.8. The molecule has 1 amide bonds. The molecule has 0 radical (unpaired) electrons. The average Bonchev–Trinajstić information content (AvgIpc) is 3.18. The van der Waals surface area contributed by atoms with Gasteiger partial charge in [0.2, 0.25) is 0 Å². The minimum Gasteiger partial charge on any atom is -0.333 e. The molecular formula is C27H20Cl2F4N4O. The number of carbonyl (C=O) groups excluding carboxylic acids is 1. The molecular weight excluding hydrogens is 543 g/mol. The van der Waals surface area contributed by atoms with Crippen molar-refractivity contribution in [2.45, 2.75) is 19.5 Å². The van der Waals surface area contributed by atoms with E-state index in [9.17, 15) is 22.4 Å². The van der Waals surface area contributed by atoms with Gasteiger partial charge < -0.3 is 5.32 Å². The fraction of sp³-hybridized carbons (Fsp3) is 0.185. The predicted molar refractivity (Wildman–Crippen MR) is 138 cm³/mol. The SMILES string of the molecule is O=C(NCc1ccnc(Cl)c1)n1c2c(c3cc(F)c(Cl)cc31)CN(CC=Cc1cc(F)c(F)c(F)c1)CC2. The van der Waals surface area contributed by atoms with Crippen molar-refractivity contribution in [3.8, 4) is 0 Å². The van der Waals surface area contributed by atoms with Crippen molar-refractivity contribution < 1.29 is 22.4 Å². The lowest BCUT2D eigenvalue weighted by Crippen LogP contribution is -2.34. The molecule has 0 aliphatic carbocycles. The Balaban J connectivity index is 1.39. The lowest BCUT2D eigenvalue weighted by Gasteiger charge is -2.27. The van der Waals surface area contributed by atoms with Crippen LogP contribution in [-0.4, -0.2) is 33.6 Å². The fourth-order valence-corrected chi connectivity index (χ4v) is 4.97. The predicted octanol–water partition coefficient (Wildman–Crippen LogP) is 6.73. The van der Waals surface area contributed by atoms with E-state index in [1.807, 2.05) is 4.90 Å². The molecule has 0 bridgehead atoms. The molecule has 1 aliphatic heterocycles. The molecule has 4 aromatic rings. The molecule has 0 saturated carbocycles. The maximum atomic E-state index is 14.4. The molecule has 2 aromatic heterocycles. The van der Waals surface area contributed by atoms with E-state index in [1.165, 1.54) is 22.8 Å². The summed E-state index contributed by atoms with van der Waals surface area (Å²) in [4.78, 5) is 19.3. The van der Waals surface area contributed by atoms with E-state index in [-0.39, 0.29) is 23.2 Å². The topological polar surface area (TPSA) is 50.2 Å². The number of nitrogens with zero attached hydrogens (tertiary/aromatic N) is 3. The van der Waals surface area contributed by atoms with Gasteiger partial charge in [0.05, 0.1) is 10.5 Å². The molecule has 0 unspecified atom stereocenters. The first kappa shape index (κ1) is 26.2. The molecule has 1 N–H and O–H groups in total. The molecule has 0 spiro atoms. The number of halogens is 6. The minimum absolute atomic E-state index is 0.0964. The second-order valence-electron chi connectivity index (χ2n) is 8.88. The van der Waals surface area contributed by atoms with Crippen molar-refractivity contribution >= 4 is 46.2 Å². The number of rotatable bonds is 5. The third kappa shape index (κ3) is 5.27. The van der Waals surface area contributed by atoms with Gasteiger partial charge in [0, 0.05) is 49.9 Å². The lowest BCUT2D eigenvalue weighted by molar-refractivity contribution is 0.240. The van der Waals surface area contributed by atoms with Gasteiger partial charge in [0.25, 0.3) is 0 Å². The molecule has 0 saturated heterocycles. The van der Waals surface area contributed by atoms with Crippen molar-refractivity contribution in [3.63, 3.8) is 0 Å². The number of hydrogen-bond donors (Lipinski definition) is 1. The zero-order chi connectivity index (χ0) is 27.0. The zero-order valence-electron chi connectivity index (χ0n) is 19.7. The molecule has 2 aromatic carbocycles. The number of fused-ring (bicyclic) bond motifs is 3. The van der Waals surface area contributed by atoms with Crippen LogP contribution in [0.3, 0.4) is 0 Å².